The summed E-state index contributed by atoms with van der Waals surface area (Å²) in [4.78, 5) is 27.2. The number of carbonyl (C=O) groups excluding carboxylic acids is 2. The van der Waals surface area contributed by atoms with Crippen LogP contribution in [0, 0.1) is 0 Å². The van der Waals surface area contributed by atoms with Crippen LogP contribution in [-0.2, 0) is 0 Å². The number of pyridine rings is 1. The molecule has 1 aromatic heterocycles. The Morgan fingerprint density at radius 3 is 2.42 bits per heavy atom. The summed E-state index contributed by atoms with van der Waals surface area (Å²) >= 11 is 3.29. The Labute approximate surface area is 119 Å². The topological polar surface area (TPSA) is 59.1 Å². The van der Waals surface area contributed by atoms with Gasteiger partial charge in [0.05, 0.1) is 0 Å². The van der Waals surface area contributed by atoms with Gasteiger partial charge >= 0.3 is 0 Å². The Morgan fingerprint density at radius 2 is 1.84 bits per heavy atom. The number of halogens is 1. The third kappa shape index (κ3) is 3.26. The summed E-state index contributed by atoms with van der Waals surface area (Å²) in [6.07, 6.45) is 3.20. The molecule has 0 saturated carbocycles. The van der Waals surface area contributed by atoms with Gasteiger partial charge in [0.25, 0.3) is 5.91 Å². The third-order valence-corrected chi connectivity index (χ3v) is 3.20. The number of hydrogen-bond donors (Lipinski definition) is 1. The zero-order valence-electron chi connectivity index (χ0n) is 10.2. The van der Waals surface area contributed by atoms with E-state index in [0.717, 1.165) is 0 Å². The minimum atomic E-state index is -0.234. The fourth-order valence-electron chi connectivity index (χ4n) is 1.58. The van der Waals surface area contributed by atoms with E-state index < -0.39 is 0 Å². The van der Waals surface area contributed by atoms with Crippen LogP contribution in [0.4, 0.5) is 5.69 Å². The van der Waals surface area contributed by atoms with Crippen LogP contribution in [0.5, 0.6) is 0 Å². The van der Waals surface area contributed by atoms with E-state index in [4.69, 9.17) is 0 Å². The van der Waals surface area contributed by atoms with Crippen LogP contribution in [0.3, 0.4) is 0 Å². The predicted molar refractivity (Wildman–Crippen MR) is 76.3 cm³/mol. The van der Waals surface area contributed by atoms with Gasteiger partial charge in [-0.15, -0.1) is 0 Å². The van der Waals surface area contributed by atoms with Crippen molar-refractivity contribution >= 4 is 33.3 Å². The maximum atomic E-state index is 12.0. The molecule has 96 valence electrons. The smallest absolute Gasteiger partial charge is 0.255 e. The van der Waals surface area contributed by atoms with Crippen LogP contribution >= 0.6 is 15.9 Å². The van der Waals surface area contributed by atoms with Crippen molar-refractivity contribution in [3.05, 3.63) is 58.3 Å². The highest BCUT2D eigenvalue weighted by molar-refractivity contribution is 9.10. The molecule has 1 amide bonds. The van der Waals surface area contributed by atoms with Crippen LogP contribution in [0.2, 0.25) is 0 Å². The molecule has 0 unspecified atom stereocenters. The van der Waals surface area contributed by atoms with Gasteiger partial charge in [0.1, 0.15) is 0 Å². The number of carbonyl (C=O) groups is 2. The molecule has 0 aliphatic heterocycles. The number of ketones is 1. The quantitative estimate of drug-likeness (QED) is 0.883. The van der Waals surface area contributed by atoms with Crippen molar-refractivity contribution in [2.75, 3.05) is 5.32 Å². The van der Waals surface area contributed by atoms with Crippen molar-refractivity contribution in [1.82, 2.24) is 4.98 Å². The summed E-state index contributed by atoms with van der Waals surface area (Å²) in [5.41, 5.74) is 1.71. The van der Waals surface area contributed by atoms with Gasteiger partial charge in [-0.2, -0.15) is 0 Å². The molecule has 4 nitrogen and oxygen atoms in total. The summed E-state index contributed by atoms with van der Waals surface area (Å²) < 4.78 is 0.613. The molecule has 0 aliphatic rings. The SMILES string of the molecule is CC(=O)c1ccc(C(=O)Nc2ccncc2)cc1Br. The van der Waals surface area contributed by atoms with Crippen molar-refractivity contribution in [1.29, 1.82) is 0 Å². The van der Waals surface area contributed by atoms with E-state index in [1.165, 1.54) is 6.92 Å². The number of aromatic nitrogens is 1. The fraction of sp³-hybridized carbons (Fsp3) is 0.0714. The second-order valence-corrected chi connectivity index (χ2v) is 4.80. The number of anilines is 1. The molecule has 19 heavy (non-hydrogen) atoms. The van der Waals surface area contributed by atoms with E-state index in [0.29, 0.717) is 21.3 Å². The summed E-state index contributed by atoms with van der Waals surface area (Å²) in [5, 5.41) is 2.75. The Bertz CT molecular complexity index is 627. The lowest BCUT2D eigenvalue weighted by atomic mass is 10.1. The highest BCUT2D eigenvalue weighted by Gasteiger charge is 2.10. The first kappa shape index (κ1) is 13.4. The molecule has 0 aliphatic carbocycles. The van der Waals surface area contributed by atoms with Gasteiger partial charge in [-0.05, 0) is 37.3 Å². The van der Waals surface area contributed by atoms with Crippen molar-refractivity contribution in [2.45, 2.75) is 6.92 Å². The Kier molecular flexibility index (Phi) is 4.06. The maximum Gasteiger partial charge on any atom is 0.255 e. The average molecular weight is 319 g/mol. The van der Waals surface area contributed by atoms with Crippen molar-refractivity contribution in [3.8, 4) is 0 Å². The minimum absolute atomic E-state index is 0.0482. The van der Waals surface area contributed by atoms with Crippen molar-refractivity contribution in [2.24, 2.45) is 0 Å². The standard InChI is InChI=1S/C14H11BrN2O2/c1-9(18)12-3-2-10(8-13(12)15)14(19)17-11-4-6-16-7-5-11/h2-8H,1H3,(H,16,17,19). The monoisotopic (exact) mass is 318 g/mol. The molecule has 2 rings (SSSR count). The van der Waals surface area contributed by atoms with E-state index in [1.807, 2.05) is 0 Å². The second kappa shape index (κ2) is 5.75. The van der Waals surface area contributed by atoms with Crippen LogP contribution in [0.25, 0.3) is 0 Å². The minimum Gasteiger partial charge on any atom is -0.322 e. The number of Topliss-reactive ketones (excluding diaryl/α,β-unsaturated/α-hetero) is 1. The Morgan fingerprint density at radius 1 is 1.16 bits per heavy atom. The Hall–Kier alpha value is -2.01. The molecular formula is C14H11BrN2O2. The van der Waals surface area contributed by atoms with Gasteiger partial charge in [-0.25, -0.2) is 0 Å². The van der Waals surface area contributed by atoms with Crippen LogP contribution in [0.1, 0.15) is 27.6 Å². The number of rotatable bonds is 3. The lowest BCUT2D eigenvalue weighted by Gasteiger charge is -2.06. The average Bonchev–Trinajstić information content (AvgIpc) is 2.39. The van der Waals surface area contributed by atoms with E-state index >= 15 is 0 Å². The van der Waals surface area contributed by atoms with Crippen LogP contribution < -0.4 is 5.32 Å². The first-order valence-corrected chi connectivity index (χ1v) is 6.39. The highest BCUT2D eigenvalue weighted by Crippen LogP contribution is 2.20. The molecule has 5 heteroatoms. The normalized spacial score (nSPS) is 10.0. The van der Waals surface area contributed by atoms with E-state index in [9.17, 15) is 9.59 Å². The summed E-state index contributed by atoms with van der Waals surface area (Å²) in [7, 11) is 0. The van der Waals surface area contributed by atoms with Gasteiger partial charge in [0.15, 0.2) is 5.78 Å². The second-order valence-electron chi connectivity index (χ2n) is 3.94. The number of hydrogen-bond acceptors (Lipinski definition) is 3. The van der Waals surface area contributed by atoms with Gasteiger partial charge in [-0.3, -0.25) is 14.6 Å². The lowest BCUT2D eigenvalue weighted by Crippen LogP contribution is -2.12. The van der Waals surface area contributed by atoms with Crippen molar-refractivity contribution in [3.63, 3.8) is 0 Å². The molecule has 0 radical (unpaired) electrons. The maximum absolute atomic E-state index is 12.0. The number of benzene rings is 1. The molecule has 0 saturated heterocycles. The van der Waals surface area contributed by atoms with E-state index in [1.54, 1.807) is 42.7 Å². The molecule has 1 aromatic carbocycles. The lowest BCUT2D eigenvalue weighted by molar-refractivity contribution is 0.100. The van der Waals surface area contributed by atoms with Gasteiger partial charge in [-0.1, -0.05) is 15.9 Å². The van der Waals surface area contributed by atoms with Gasteiger partial charge in [0, 0.05) is 33.7 Å². The molecule has 2 aromatic rings. The largest absolute Gasteiger partial charge is 0.322 e. The zero-order chi connectivity index (χ0) is 13.8. The molecule has 0 spiro atoms. The molecule has 0 atom stereocenters. The molecular weight excluding hydrogens is 308 g/mol. The fourth-order valence-corrected chi connectivity index (χ4v) is 2.24. The van der Waals surface area contributed by atoms with Crippen LogP contribution in [-0.4, -0.2) is 16.7 Å². The summed E-state index contributed by atoms with van der Waals surface area (Å²) in [5.74, 6) is -0.282. The molecule has 1 heterocycles. The number of amides is 1. The molecule has 0 bridgehead atoms. The van der Waals surface area contributed by atoms with E-state index in [2.05, 4.69) is 26.2 Å². The first-order valence-electron chi connectivity index (χ1n) is 5.60. The first-order chi connectivity index (χ1) is 9.08. The third-order valence-electron chi connectivity index (χ3n) is 2.55. The predicted octanol–water partition coefficient (Wildman–Crippen LogP) is 3.30. The summed E-state index contributed by atoms with van der Waals surface area (Å²) in [6.45, 7) is 1.48. The zero-order valence-corrected chi connectivity index (χ0v) is 11.8. The summed E-state index contributed by atoms with van der Waals surface area (Å²) in [6, 6.07) is 8.30. The number of nitrogens with one attached hydrogen (secondary N) is 1. The van der Waals surface area contributed by atoms with Gasteiger partial charge in [0.2, 0.25) is 0 Å². The van der Waals surface area contributed by atoms with Crippen molar-refractivity contribution < 1.29 is 9.59 Å². The number of nitrogens with zero attached hydrogens (tertiary/aromatic N) is 1. The Balaban J connectivity index is 2.21. The highest BCUT2D eigenvalue weighted by atomic mass is 79.9. The van der Waals surface area contributed by atoms with E-state index in [-0.39, 0.29) is 11.7 Å². The van der Waals surface area contributed by atoms with Crippen LogP contribution in [0.15, 0.2) is 47.2 Å². The molecule has 1 N–H and O–H groups in total. The molecule has 0 fully saturated rings. The van der Waals surface area contributed by atoms with Gasteiger partial charge < -0.3 is 5.32 Å².